The van der Waals surface area contributed by atoms with Gasteiger partial charge in [0.15, 0.2) is 5.78 Å². The highest BCUT2D eigenvalue weighted by Gasteiger charge is 2.09. The monoisotopic (exact) mass is 260 g/mol. The summed E-state index contributed by atoms with van der Waals surface area (Å²) in [6, 6.07) is 10.1. The largest absolute Gasteiger partial charge is 0.397 e. The second-order valence-electron chi connectivity index (χ2n) is 4.29. The summed E-state index contributed by atoms with van der Waals surface area (Å²) in [5.41, 5.74) is 8.79. The number of thiophene rings is 1. The third-order valence-electron chi connectivity index (χ3n) is 2.63. The van der Waals surface area contributed by atoms with Crippen molar-refractivity contribution < 1.29 is 4.79 Å². The Balaban J connectivity index is 2.06. The zero-order valence-electron chi connectivity index (χ0n) is 10.5. The summed E-state index contributed by atoms with van der Waals surface area (Å²) in [5.74, 6) is 0.0149. The maximum absolute atomic E-state index is 11.3. The van der Waals surface area contributed by atoms with Crippen molar-refractivity contribution in [2.45, 2.75) is 20.4 Å². The fraction of sp³-hybridized carbons (Fsp3) is 0.214. The second kappa shape index (κ2) is 5.23. The Morgan fingerprint density at radius 2 is 2.17 bits per heavy atom. The number of carbonyl (C=O) groups excluding carboxylic acids is 1. The number of nitrogens with one attached hydrogen (secondary N) is 1. The highest BCUT2D eigenvalue weighted by Crippen LogP contribution is 2.29. The van der Waals surface area contributed by atoms with Gasteiger partial charge in [-0.3, -0.25) is 4.79 Å². The first-order valence-corrected chi connectivity index (χ1v) is 6.57. The van der Waals surface area contributed by atoms with Crippen molar-refractivity contribution in [3.63, 3.8) is 0 Å². The fourth-order valence-electron chi connectivity index (χ4n) is 1.78. The van der Waals surface area contributed by atoms with Gasteiger partial charge >= 0.3 is 0 Å². The van der Waals surface area contributed by atoms with Crippen LogP contribution in [0.2, 0.25) is 0 Å². The van der Waals surface area contributed by atoms with Crippen molar-refractivity contribution in [2.75, 3.05) is 11.1 Å². The van der Waals surface area contributed by atoms with Crippen LogP contribution in [0.3, 0.4) is 0 Å². The number of hydrogen-bond acceptors (Lipinski definition) is 4. The molecule has 0 saturated carbocycles. The average molecular weight is 260 g/mol. The Morgan fingerprint density at radius 1 is 1.39 bits per heavy atom. The van der Waals surface area contributed by atoms with E-state index in [2.05, 4.69) is 30.4 Å². The zero-order valence-corrected chi connectivity index (χ0v) is 11.3. The molecule has 0 unspecified atom stereocenters. The van der Waals surface area contributed by atoms with Crippen LogP contribution in [0.1, 0.15) is 27.7 Å². The van der Waals surface area contributed by atoms with E-state index in [1.807, 2.05) is 12.1 Å². The second-order valence-corrected chi connectivity index (χ2v) is 5.35. The molecule has 2 aromatic rings. The first kappa shape index (κ1) is 12.6. The molecule has 0 spiro atoms. The van der Waals surface area contributed by atoms with E-state index in [0.717, 1.165) is 11.5 Å². The Morgan fingerprint density at radius 3 is 2.78 bits per heavy atom. The van der Waals surface area contributed by atoms with Crippen LogP contribution in [0.25, 0.3) is 0 Å². The van der Waals surface area contributed by atoms with E-state index in [4.69, 9.17) is 5.73 Å². The predicted molar refractivity (Wildman–Crippen MR) is 77.2 cm³/mol. The predicted octanol–water partition coefficient (Wildman–Crippen LogP) is 3.45. The van der Waals surface area contributed by atoms with E-state index < -0.39 is 0 Å². The topological polar surface area (TPSA) is 55.1 Å². The van der Waals surface area contributed by atoms with Gasteiger partial charge in [-0.1, -0.05) is 29.8 Å². The number of hydrogen-bond donors (Lipinski definition) is 2. The zero-order chi connectivity index (χ0) is 13.1. The number of aryl methyl sites for hydroxylation is 1. The van der Waals surface area contributed by atoms with Crippen molar-refractivity contribution in [1.29, 1.82) is 0 Å². The van der Waals surface area contributed by atoms with E-state index in [1.165, 1.54) is 29.4 Å². The maximum atomic E-state index is 11.3. The lowest BCUT2D eigenvalue weighted by molar-refractivity contribution is 0.102. The molecule has 0 aliphatic rings. The van der Waals surface area contributed by atoms with Crippen LogP contribution < -0.4 is 11.1 Å². The average Bonchev–Trinajstić information content (AvgIpc) is 2.68. The van der Waals surface area contributed by atoms with Crippen LogP contribution in [0, 0.1) is 6.92 Å². The number of benzene rings is 1. The van der Waals surface area contributed by atoms with Gasteiger partial charge in [0.2, 0.25) is 0 Å². The summed E-state index contributed by atoms with van der Waals surface area (Å²) >= 11 is 1.41. The van der Waals surface area contributed by atoms with Crippen LogP contribution >= 0.6 is 11.3 Å². The lowest BCUT2D eigenvalue weighted by atomic mass is 10.1. The number of anilines is 2. The SMILES string of the molecule is CC(=O)c1sc(NCc2cccc(C)c2)cc1N. The van der Waals surface area contributed by atoms with Gasteiger partial charge in [-0.25, -0.2) is 0 Å². The molecule has 1 heterocycles. The summed E-state index contributed by atoms with van der Waals surface area (Å²) in [7, 11) is 0. The third kappa shape index (κ3) is 2.90. The molecule has 2 rings (SSSR count). The minimum atomic E-state index is 0.0149. The summed E-state index contributed by atoms with van der Waals surface area (Å²) in [4.78, 5) is 11.9. The molecular formula is C14H16N2OS. The standard InChI is InChI=1S/C14H16N2OS/c1-9-4-3-5-11(6-9)8-16-13-7-12(15)14(18-13)10(2)17/h3-7,16H,8,15H2,1-2H3. The highest BCUT2D eigenvalue weighted by atomic mass is 32.1. The van der Waals surface area contributed by atoms with Crippen LogP contribution in [0.15, 0.2) is 30.3 Å². The van der Waals surface area contributed by atoms with Gasteiger partial charge < -0.3 is 11.1 Å². The quantitative estimate of drug-likeness (QED) is 0.828. The summed E-state index contributed by atoms with van der Waals surface area (Å²) in [6.07, 6.45) is 0. The molecule has 3 nitrogen and oxygen atoms in total. The Hall–Kier alpha value is -1.81. The molecule has 18 heavy (non-hydrogen) atoms. The van der Waals surface area contributed by atoms with E-state index in [1.54, 1.807) is 0 Å². The van der Waals surface area contributed by atoms with Crippen LogP contribution in [-0.2, 0) is 6.54 Å². The van der Waals surface area contributed by atoms with Gasteiger partial charge in [0.25, 0.3) is 0 Å². The third-order valence-corrected chi connectivity index (χ3v) is 3.84. The maximum Gasteiger partial charge on any atom is 0.171 e. The summed E-state index contributed by atoms with van der Waals surface area (Å²) < 4.78 is 0. The smallest absolute Gasteiger partial charge is 0.171 e. The first-order chi connectivity index (χ1) is 8.56. The molecule has 3 N–H and O–H groups in total. The van der Waals surface area contributed by atoms with Crippen molar-refractivity contribution >= 4 is 27.8 Å². The molecule has 0 amide bonds. The van der Waals surface area contributed by atoms with Gasteiger partial charge in [0.05, 0.1) is 15.6 Å². The lowest BCUT2D eigenvalue weighted by Gasteiger charge is -2.04. The van der Waals surface area contributed by atoms with E-state index >= 15 is 0 Å². The molecule has 1 aromatic carbocycles. The summed E-state index contributed by atoms with van der Waals surface area (Å²) in [5, 5.41) is 4.22. The molecule has 1 aromatic heterocycles. The molecular weight excluding hydrogens is 244 g/mol. The molecule has 0 aliphatic heterocycles. The molecule has 0 radical (unpaired) electrons. The van der Waals surface area contributed by atoms with Crippen molar-refractivity contribution in [3.8, 4) is 0 Å². The van der Waals surface area contributed by atoms with Gasteiger partial charge in [-0.2, -0.15) is 0 Å². The van der Waals surface area contributed by atoms with Crippen molar-refractivity contribution in [3.05, 3.63) is 46.3 Å². The van der Waals surface area contributed by atoms with Crippen LogP contribution in [0.4, 0.5) is 10.7 Å². The van der Waals surface area contributed by atoms with Crippen molar-refractivity contribution in [2.24, 2.45) is 0 Å². The number of carbonyl (C=O) groups is 1. The number of rotatable bonds is 4. The molecule has 0 atom stereocenters. The fourth-order valence-corrected chi connectivity index (χ4v) is 2.65. The lowest BCUT2D eigenvalue weighted by Crippen LogP contribution is -1.97. The van der Waals surface area contributed by atoms with E-state index in [0.29, 0.717) is 10.6 Å². The minimum absolute atomic E-state index is 0.0149. The molecule has 0 aliphatic carbocycles. The van der Waals surface area contributed by atoms with Gasteiger partial charge in [0.1, 0.15) is 0 Å². The number of ketones is 1. The highest BCUT2D eigenvalue weighted by molar-refractivity contribution is 7.18. The summed E-state index contributed by atoms with van der Waals surface area (Å²) in [6.45, 7) is 4.34. The van der Waals surface area contributed by atoms with Crippen molar-refractivity contribution in [1.82, 2.24) is 0 Å². The molecule has 0 bridgehead atoms. The number of nitrogens with two attached hydrogens (primary N) is 1. The Kier molecular flexibility index (Phi) is 3.67. The number of Topliss-reactive ketones (excluding diaryl/α,β-unsaturated/α-hetero) is 1. The van der Waals surface area contributed by atoms with E-state index in [-0.39, 0.29) is 5.78 Å². The molecule has 0 saturated heterocycles. The van der Waals surface area contributed by atoms with Crippen LogP contribution in [0.5, 0.6) is 0 Å². The minimum Gasteiger partial charge on any atom is -0.397 e. The normalized spacial score (nSPS) is 10.3. The molecule has 0 fully saturated rings. The molecule has 94 valence electrons. The Labute approximate surface area is 111 Å². The Bertz CT molecular complexity index is 575. The van der Waals surface area contributed by atoms with Gasteiger partial charge in [0, 0.05) is 13.5 Å². The molecule has 4 heteroatoms. The number of nitrogen functional groups attached to an aromatic ring is 1. The first-order valence-electron chi connectivity index (χ1n) is 5.76. The van der Waals surface area contributed by atoms with Gasteiger partial charge in [-0.05, 0) is 18.6 Å². The van der Waals surface area contributed by atoms with Crippen LogP contribution in [-0.4, -0.2) is 5.78 Å². The van der Waals surface area contributed by atoms with E-state index in [9.17, 15) is 4.79 Å². The van der Waals surface area contributed by atoms with Gasteiger partial charge in [-0.15, -0.1) is 11.3 Å².